The Morgan fingerprint density at radius 1 is 1.33 bits per heavy atom. The molecule has 2 nitrogen and oxygen atoms in total. The number of hydrogen-bond acceptors (Lipinski definition) is 3. The molecule has 3 heteroatoms. The second kappa shape index (κ2) is 6.75. The van der Waals surface area contributed by atoms with Crippen molar-refractivity contribution in [2.75, 3.05) is 18.2 Å². The van der Waals surface area contributed by atoms with E-state index in [2.05, 4.69) is 42.8 Å². The Hall–Kier alpha value is -0.670. The number of benzene rings is 1. The summed E-state index contributed by atoms with van der Waals surface area (Å²) in [5.41, 5.74) is 1.15. The summed E-state index contributed by atoms with van der Waals surface area (Å²) in [7, 11) is 0. The van der Waals surface area contributed by atoms with Gasteiger partial charge in [-0.05, 0) is 50.3 Å². The van der Waals surface area contributed by atoms with Crippen LogP contribution in [0.25, 0.3) is 0 Å². The average molecular weight is 225 g/mol. The van der Waals surface area contributed by atoms with Crippen LogP contribution in [0, 0.1) is 0 Å². The van der Waals surface area contributed by atoms with Crippen molar-refractivity contribution in [2.24, 2.45) is 0 Å². The quantitative estimate of drug-likeness (QED) is 0.730. The van der Waals surface area contributed by atoms with Gasteiger partial charge in [0.1, 0.15) is 0 Å². The molecular weight excluding hydrogens is 206 g/mol. The van der Waals surface area contributed by atoms with Crippen LogP contribution in [0.3, 0.4) is 0 Å². The second-order valence-corrected chi connectivity index (χ2v) is 4.52. The number of aliphatic hydroxyl groups excluding tert-OH is 1. The SMILES string of the molecule is CSc1ccc(NC(C)CCCO)cc1. The summed E-state index contributed by atoms with van der Waals surface area (Å²) in [5, 5.41) is 12.1. The summed E-state index contributed by atoms with van der Waals surface area (Å²) in [6.45, 7) is 2.41. The topological polar surface area (TPSA) is 32.3 Å². The number of nitrogens with one attached hydrogen (secondary N) is 1. The van der Waals surface area contributed by atoms with Gasteiger partial charge >= 0.3 is 0 Å². The van der Waals surface area contributed by atoms with E-state index in [1.165, 1.54) is 4.90 Å². The first kappa shape index (κ1) is 12.4. The van der Waals surface area contributed by atoms with E-state index < -0.39 is 0 Å². The van der Waals surface area contributed by atoms with Gasteiger partial charge in [-0.2, -0.15) is 0 Å². The highest BCUT2D eigenvalue weighted by molar-refractivity contribution is 7.98. The zero-order valence-electron chi connectivity index (χ0n) is 9.36. The fraction of sp³-hybridized carbons (Fsp3) is 0.500. The van der Waals surface area contributed by atoms with Gasteiger partial charge in [-0.15, -0.1) is 11.8 Å². The Kier molecular flexibility index (Phi) is 5.58. The fourth-order valence-electron chi connectivity index (χ4n) is 1.44. The van der Waals surface area contributed by atoms with Crippen LogP contribution in [0.4, 0.5) is 5.69 Å². The van der Waals surface area contributed by atoms with Gasteiger partial charge in [-0.3, -0.25) is 0 Å². The van der Waals surface area contributed by atoms with Crippen LogP contribution in [0.1, 0.15) is 19.8 Å². The Morgan fingerprint density at radius 2 is 2.00 bits per heavy atom. The van der Waals surface area contributed by atoms with Crippen LogP contribution in [0.5, 0.6) is 0 Å². The number of anilines is 1. The molecule has 1 aromatic carbocycles. The summed E-state index contributed by atoms with van der Waals surface area (Å²) in [5.74, 6) is 0. The van der Waals surface area contributed by atoms with Crippen molar-refractivity contribution >= 4 is 17.4 Å². The lowest BCUT2D eigenvalue weighted by Crippen LogP contribution is -2.15. The van der Waals surface area contributed by atoms with Crippen LogP contribution in [0.2, 0.25) is 0 Å². The Bertz CT molecular complexity index is 273. The van der Waals surface area contributed by atoms with E-state index in [1.807, 2.05) is 0 Å². The van der Waals surface area contributed by atoms with Gasteiger partial charge in [0, 0.05) is 23.2 Å². The lowest BCUT2D eigenvalue weighted by Gasteiger charge is -2.14. The van der Waals surface area contributed by atoms with Gasteiger partial charge in [0.2, 0.25) is 0 Å². The number of aliphatic hydroxyl groups is 1. The Labute approximate surface area is 96.1 Å². The van der Waals surface area contributed by atoms with Gasteiger partial charge in [-0.1, -0.05) is 0 Å². The molecule has 0 aliphatic rings. The molecule has 1 rings (SSSR count). The van der Waals surface area contributed by atoms with Gasteiger partial charge in [0.05, 0.1) is 0 Å². The molecule has 1 unspecified atom stereocenters. The van der Waals surface area contributed by atoms with E-state index in [0.717, 1.165) is 18.5 Å². The molecule has 2 N–H and O–H groups in total. The molecule has 1 aromatic rings. The minimum Gasteiger partial charge on any atom is -0.396 e. The van der Waals surface area contributed by atoms with Crippen LogP contribution >= 0.6 is 11.8 Å². The standard InChI is InChI=1S/C12H19NOS/c1-10(4-3-9-14)13-11-5-7-12(15-2)8-6-11/h5-8,10,13-14H,3-4,9H2,1-2H3. The predicted molar refractivity (Wildman–Crippen MR) is 67.6 cm³/mol. The van der Waals surface area contributed by atoms with Crippen LogP contribution in [0.15, 0.2) is 29.2 Å². The van der Waals surface area contributed by atoms with Crippen molar-refractivity contribution in [1.82, 2.24) is 0 Å². The largest absolute Gasteiger partial charge is 0.396 e. The zero-order valence-corrected chi connectivity index (χ0v) is 10.2. The molecule has 15 heavy (non-hydrogen) atoms. The monoisotopic (exact) mass is 225 g/mol. The van der Waals surface area contributed by atoms with E-state index in [-0.39, 0.29) is 6.61 Å². The maximum absolute atomic E-state index is 8.72. The molecule has 1 atom stereocenters. The molecule has 0 aliphatic heterocycles. The van der Waals surface area contributed by atoms with Crippen molar-refractivity contribution in [2.45, 2.75) is 30.7 Å². The molecule has 0 heterocycles. The average Bonchev–Trinajstić information content (AvgIpc) is 2.27. The van der Waals surface area contributed by atoms with Crippen LogP contribution in [-0.4, -0.2) is 24.0 Å². The van der Waals surface area contributed by atoms with Crippen molar-refractivity contribution in [3.8, 4) is 0 Å². The molecular formula is C12H19NOS. The summed E-state index contributed by atoms with van der Waals surface area (Å²) in [6.07, 6.45) is 3.93. The van der Waals surface area contributed by atoms with Crippen molar-refractivity contribution in [3.05, 3.63) is 24.3 Å². The molecule has 0 bridgehead atoms. The van der Waals surface area contributed by atoms with Gasteiger partial charge in [-0.25, -0.2) is 0 Å². The highest BCUT2D eigenvalue weighted by atomic mass is 32.2. The zero-order chi connectivity index (χ0) is 11.1. The minimum atomic E-state index is 0.275. The third kappa shape index (κ3) is 4.58. The van der Waals surface area contributed by atoms with Crippen molar-refractivity contribution in [1.29, 1.82) is 0 Å². The smallest absolute Gasteiger partial charge is 0.0431 e. The summed E-state index contributed by atoms with van der Waals surface area (Å²) in [6, 6.07) is 8.84. The maximum atomic E-state index is 8.72. The molecule has 0 aromatic heterocycles. The first-order valence-corrected chi connectivity index (χ1v) is 6.50. The lowest BCUT2D eigenvalue weighted by molar-refractivity contribution is 0.282. The Morgan fingerprint density at radius 3 is 2.53 bits per heavy atom. The summed E-state index contributed by atoms with van der Waals surface area (Å²) >= 11 is 1.75. The van der Waals surface area contributed by atoms with Crippen LogP contribution in [-0.2, 0) is 0 Å². The van der Waals surface area contributed by atoms with Crippen LogP contribution < -0.4 is 5.32 Å². The highest BCUT2D eigenvalue weighted by Crippen LogP contribution is 2.18. The highest BCUT2D eigenvalue weighted by Gasteiger charge is 2.01. The third-order valence-electron chi connectivity index (χ3n) is 2.30. The van der Waals surface area contributed by atoms with Gasteiger partial charge < -0.3 is 10.4 Å². The molecule has 0 fully saturated rings. The van der Waals surface area contributed by atoms with Gasteiger partial charge in [0.15, 0.2) is 0 Å². The number of rotatable bonds is 6. The first-order chi connectivity index (χ1) is 7.26. The predicted octanol–water partition coefficient (Wildman–Crippen LogP) is 2.98. The van der Waals surface area contributed by atoms with Crippen molar-refractivity contribution < 1.29 is 5.11 Å². The van der Waals surface area contributed by atoms with E-state index in [0.29, 0.717) is 6.04 Å². The summed E-state index contributed by atoms with van der Waals surface area (Å²) < 4.78 is 0. The first-order valence-electron chi connectivity index (χ1n) is 5.27. The molecule has 0 saturated carbocycles. The van der Waals surface area contributed by atoms with E-state index >= 15 is 0 Å². The van der Waals surface area contributed by atoms with Gasteiger partial charge in [0.25, 0.3) is 0 Å². The van der Waals surface area contributed by atoms with E-state index in [1.54, 1.807) is 11.8 Å². The maximum Gasteiger partial charge on any atom is 0.0431 e. The molecule has 0 aliphatic carbocycles. The van der Waals surface area contributed by atoms with E-state index in [4.69, 9.17) is 5.11 Å². The molecule has 0 spiro atoms. The summed E-state index contributed by atoms with van der Waals surface area (Å²) in [4.78, 5) is 1.28. The fourth-order valence-corrected chi connectivity index (χ4v) is 1.85. The Balaban J connectivity index is 2.42. The minimum absolute atomic E-state index is 0.275. The number of hydrogen-bond donors (Lipinski definition) is 2. The molecule has 0 radical (unpaired) electrons. The third-order valence-corrected chi connectivity index (χ3v) is 3.04. The second-order valence-electron chi connectivity index (χ2n) is 3.64. The lowest BCUT2D eigenvalue weighted by atomic mass is 10.2. The normalized spacial score (nSPS) is 12.5. The number of thioether (sulfide) groups is 1. The molecule has 0 amide bonds. The molecule has 84 valence electrons. The van der Waals surface area contributed by atoms with Crippen molar-refractivity contribution in [3.63, 3.8) is 0 Å². The molecule has 0 saturated heterocycles. The van der Waals surface area contributed by atoms with E-state index in [9.17, 15) is 0 Å².